The molecule has 0 unspecified atom stereocenters. The van der Waals surface area contributed by atoms with E-state index in [1.54, 1.807) is 13.2 Å². The van der Waals surface area contributed by atoms with E-state index in [1.807, 2.05) is 97.4 Å². The number of nitrogens with zero attached hydrogens (tertiary/aromatic N) is 3. The number of nitrogens with one attached hydrogen (secondary N) is 1. The van der Waals surface area contributed by atoms with Gasteiger partial charge in [-0.1, -0.05) is 60.7 Å². The average Bonchev–Trinajstić information content (AvgIpc) is 3.30. The maximum Gasteiger partial charge on any atom is 0.254 e. The Bertz CT molecular complexity index is 1350. The molecule has 0 aliphatic rings. The highest BCUT2D eigenvalue weighted by atomic mass is 16.5. The summed E-state index contributed by atoms with van der Waals surface area (Å²) in [5, 5.41) is 2.92. The third-order valence-corrected chi connectivity index (χ3v) is 5.87. The highest BCUT2D eigenvalue weighted by molar-refractivity contribution is 6.00. The van der Waals surface area contributed by atoms with E-state index in [0.717, 1.165) is 28.1 Å². The fourth-order valence-electron chi connectivity index (χ4n) is 3.97. The fourth-order valence-corrected chi connectivity index (χ4v) is 3.97. The summed E-state index contributed by atoms with van der Waals surface area (Å²) in [6.07, 6.45) is 1.90. The Balaban J connectivity index is 1.61. The minimum Gasteiger partial charge on any atom is -0.383 e. The number of imidazole rings is 1. The van der Waals surface area contributed by atoms with Gasteiger partial charge < -0.3 is 9.64 Å². The molecule has 0 aliphatic carbocycles. The predicted octanol–water partition coefficient (Wildman–Crippen LogP) is 4.88. The molecule has 36 heavy (non-hydrogen) atoms. The van der Waals surface area contributed by atoms with Crippen LogP contribution >= 0.6 is 0 Å². The minimum atomic E-state index is -0.341. The van der Waals surface area contributed by atoms with Gasteiger partial charge in [-0.05, 0) is 43.2 Å². The number of carbonyl (C=O) groups is 2. The van der Waals surface area contributed by atoms with Crippen molar-refractivity contribution in [3.8, 4) is 16.9 Å². The standard InChI is InChI=1S/C29H30N4O3/c1-21-10-9-14-24(18-21)33-19-26(23-12-5-4-6-13-23)30-29(33)31-27(34)20-32(16-17-36-3)28(35)25-15-8-7-11-22(25)2/h4-15,18-19H,16-17,20H2,1-3H3,(H,30,31,34). The van der Waals surface area contributed by atoms with Gasteiger partial charge in [0.15, 0.2) is 0 Å². The number of methoxy groups -OCH3 is 1. The van der Waals surface area contributed by atoms with E-state index in [4.69, 9.17) is 9.72 Å². The molecule has 7 nitrogen and oxygen atoms in total. The van der Waals surface area contributed by atoms with Crippen LogP contribution in [0.15, 0.2) is 85.1 Å². The van der Waals surface area contributed by atoms with Crippen molar-refractivity contribution >= 4 is 17.8 Å². The Morgan fingerprint density at radius 1 is 0.972 bits per heavy atom. The summed E-state index contributed by atoms with van der Waals surface area (Å²) in [6, 6.07) is 25.1. The Hall–Kier alpha value is -4.23. The van der Waals surface area contributed by atoms with E-state index in [0.29, 0.717) is 24.7 Å². The first-order valence-electron chi connectivity index (χ1n) is 11.8. The maximum atomic E-state index is 13.2. The Kier molecular flexibility index (Phi) is 7.92. The second kappa shape index (κ2) is 11.5. The minimum absolute atomic E-state index is 0.127. The van der Waals surface area contributed by atoms with Crippen LogP contribution in [0.4, 0.5) is 5.95 Å². The molecule has 3 aromatic carbocycles. The van der Waals surface area contributed by atoms with Crippen LogP contribution in [0.1, 0.15) is 21.5 Å². The van der Waals surface area contributed by atoms with Crippen molar-refractivity contribution in [1.82, 2.24) is 14.5 Å². The van der Waals surface area contributed by atoms with Gasteiger partial charge in [-0.3, -0.25) is 19.5 Å². The molecule has 0 spiro atoms. The largest absolute Gasteiger partial charge is 0.383 e. The lowest BCUT2D eigenvalue weighted by atomic mass is 10.1. The van der Waals surface area contributed by atoms with Crippen molar-refractivity contribution in [3.05, 3.63) is 102 Å². The number of aromatic nitrogens is 2. The smallest absolute Gasteiger partial charge is 0.254 e. The van der Waals surface area contributed by atoms with Crippen LogP contribution < -0.4 is 5.32 Å². The second-order valence-corrected chi connectivity index (χ2v) is 8.61. The van der Waals surface area contributed by atoms with Crippen LogP contribution in [0.25, 0.3) is 16.9 Å². The molecule has 4 rings (SSSR count). The summed E-state index contributed by atoms with van der Waals surface area (Å²) in [7, 11) is 1.57. The van der Waals surface area contributed by atoms with Crippen LogP contribution in [0, 0.1) is 13.8 Å². The Morgan fingerprint density at radius 2 is 1.72 bits per heavy atom. The van der Waals surface area contributed by atoms with Crippen molar-refractivity contribution in [2.75, 3.05) is 32.1 Å². The molecule has 184 valence electrons. The number of rotatable bonds is 9. The van der Waals surface area contributed by atoms with Gasteiger partial charge >= 0.3 is 0 Å². The predicted molar refractivity (Wildman–Crippen MR) is 141 cm³/mol. The zero-order valence-corrected chi connectivity index (χ0v) is 20.8. The zero-order valence-electron chi connectivity index (χ0n) is 20.8. The third kappa shape index (κ3) is 5.87. The number of benzene rings is 3. The summed E-state index contributed by atoms with van der Waals surface area (Å²) in [6.45, 7) is 4.38. The lowest BCUT2D eigenvalue weighted by Gasteiger charge is -2.22. The fraction of sp³-hybridized carbons (Fsp3) is 0.207. The Labute approximate surface area is 211 Å². The summed E-state index contributed by atoms with van der Waals surface area (Å²) in [5.74, 6) is -0.168. The lowest BCUT2D eigenvalue weighted by Crippen LogP contribution is -2.40. The normalized spacial score (nSPS) is 10.8. The molecule has 0 atom stereocenters. The van der Waals surface area contributed by atoms with Gasteiger partial charge in [-0.2, -0.15) is 0 Å². The summed E-state index contributed by atoms with van der Waals surface area (Å²) >= 11 is 0. The quantitative estimate of drug-likeness (QED) is 0.369. The molecule has 0 radical (unpaired) electrons. The van der Waals surface area contributed by atoms with E-state index in [9.17, 15) is 9.59 Å². The molecule has 0 fully saturated rings. The van der Waals surface area contributed by atoms with Gasteiger partial charge in [-0.25, -0.2) is 4.98 Å². The molecule has 7 heteroatoms. The molecule has 4 aromatic rings. The number of amides is 2. The van der Waals surface area contributed by atoms with Crippen LogP contribution in [0.5, 0.6) is 0 Å². The molecule has 0 bridgehead atoms. The Morgan fingerprint density at radius 3 is 2.44 bits per heavy atom. The van der Waals surface area contributed by atoms with Gasteiger partial charge in [0.25, 0.3) is 5.91 Å². The molecular weight excluding hydrogens is 452 g/mol. The van der Waals surface area contributed by atoms with Gasteiger partial charge in [0.2, 0.25) is 11.9 Å². The van der Waals surface area contributed by atoms with Gasteiger partial charge in [-0.15, -0.1) is 0 Å². The van der Waals surface area contributed by atoms with Crippen LogP contribution in [-0.2, 0) is 9.53 Å². The van der Waals surface area contributed by atoms with E-state index in [1.165, 1.54) is 4.90 Å². The molecule has 0 saturated heterocycles. The van der Waals surface area contributed by atoms with Crippen molar-refractivity contribution in [2.24, 2.45) is 0 Å². The number of aryl methyl sites for hydroxylation is 2. The average molecular weight is 483 g/mol. The highest BCUT2D eigenvalue weighted by Crippen LogP contribution is 2.25. The van der Waals surface area contributed by atoms with E-state index >= 15 is 0 Å². The SMILES string of the molecule is COCCN(CC(=O)Nc1nc(-c2ccccc2)cn1-c1cccc(C)c1)C(=O)c1ccccc1C. The summed E-state index contributed by atoms with van der Waals surface area (Å²) in [5.41, 5.74) is 5.07. The number of hydrogen-bond donors (Lipinski definition) is 1. The first-order chi connectivity index (χ1) is 17.5. The van der Waals surface area contributed by atoms with Gasteiger partial charge in [0.1, 0.15) is 6.54 Å². The van der Waals surface area contributed by atoms with Crippen LogP contribution in [-0.4, -0.2) is 53.1 Å². The van der Waals surface area contributed by atoms with E-state index in [-0.39, 0.29) is 18.4 Å². The summed E-state index contributed by atoms with van der Waals surface area (Å²) in [4.78, 5) is 32.7. The second-order valence-electron chi connectivity index (χ2n) is 8.61. The molecular formula is C29H30N4O3. The van der Waals surface area contributed by atoms with E-state index in [2.05, 4.69) is 5.32 Å². The summed E-state index contributed by atoms with van der Waals surface area (Å²) < 4.78 is 7.04. The molecule has 2 amide bonds. The number of hydrogen-bond acceptors (Lipinski definition) is 4. The highest BCUT2D eigenvalue weighted by Gasteiger charge is 2.22. The van der Waals surface area contributed by atoms with Crippen molar-refractivity contribution in [2.45, 2.75) is 13.8 Å². The van der Waals surface area contributed by atoms with E-state index < -0.39 is 0 Å². The first kappa shape index (κ1) is 24.9. The van der Waals surface area contributed by atoms with Gasteiger partial charge in [0.05, 0.1) is 12.3 Å². The van der Waals surface area contributed by atoms with Crippen LogP contribution in [0.3, 0.4) is 0 Å². The molecule has 1 aromatic heterocycles. The monoisotopic (exact) mass is 482 g/mol. The number of anilines is 1. The number of carbonyl (C=O) groups excluding carboxylic acids is 2. The zero-order chi connectivity index (χ0) is 25.5. The molecule has 0 aliphatic heterocycles. The maximum absolute atomic E-state index is 13.2. The van der Waals surface area contributed by atoms with Crippen LogP contribution in [0.2, 0.25) is 0 Å². The van der Waals surface area contributed by atoms with Crippen molar-refractivity contribution in [3.63, 3.8) is 0 Å². The van der Waals surface area contributed by atoms with Crippen molar-refractivity contribution in [1.29, 1.82) is 0 Å². The molecule has 1 heterocycles. The topological polar surface area (TPSA) is 76.5 Å². The molecule has 0 saturated carbocycles. The lowest BCUT2D eigenvalue weighted by molar-refractivity contribution is -0.117. The van der Waals surface area contributed by atoms with Crippen molar-refractivity contribution < 1.29 is 14.3 Å². The molecule has 1 N–H and O–H groups in total. The number of ether oxygens (including phenoxy) is 1. The van der Waals surface area contributed by atoms with Gasteiger partial charge in [0, 0.05) is 36.7 Å². The third-order valence-electron chi connectivity index (χ3n) is 5.87. The first-order valence-corrected chi connectivity index (χ1v) is 11.8.